The molecule has 5 nitrogen and oxygen atoms in total. The van der Waals surface area contributed by atoms with Crippen LogP contribution in [0.5, 0.6) is 0 Å². The van der Waals surface area contributed by atoms with Crippen LogP contribution in [0.15, 0.2) is 0 Å². The number of carbonyl (C=O) groups excluding carboxylic acids is 1. The van der Waals surface area contributed by atoms with Crippen molar-refractivity contribution in [2.24, 2.45) is 11.7 Å². The fraction of sp³-hybridized carbons (Fsp3) is 0.778. The molecule has 82 valence electrons. The van der Waals surface area contributed by atoms with Gasteiger partial charge in [0.05, 0.1) is 12.5 Å². The number of carboxylic acid groups (broad SMARTS) is 1. The van der Waals surface area contributed by atoms with E-state index in [0.29, 0.717) is 13.1 Å². The van der Waals surface area contributed by atoms with Crippen LogP contribution in [0.2, 0.25) is 0 Å². The highest BCUT2D eigenvalue weighted by molar-refractivity contribution is 5.76. The molecule has 0 aromatic rings. The van der Waals surface area contributed by atoms with Gasteiger partial charge in [0.2, 0.25) is 5.91 Å². The first-order valence-corrected chi connectivity index (χ1v) is 4.70. The van der Waals surface area contributed by atoms with E-state index in [-0.39, 0.29) is 6.54 Å². The Labute approximate surface area is 83.9 Å². The van der Waals surface area contributed by atoms with Crippen molar-refractivity contribution in [3.05, 3.63) is 0 Å². The predicted molar refractivity (Wildman–Crippen MR) is 52.7 cm³/mol. The van der Waals surface area contributed by atoms with Crippen molar-refractivity contribution in [2.45, 2.75) is 20.3 Å². The first-order valence-electron chi connectivity index (χ1n) is 4.70. The van der Waals surface area contributed by atoms with Crippen LogP contribution in [0.1, 0.15) is 20.3 Å². The SMILES string of the molecule is CCCN(CC(N)=O)CC(C)C(=O)O. The second-order valence-corrected chi connectivity index (χ2v) is 3.44. The van der Waals surface area contributed by atoms with E-state index in [9.17, 15) is 9.59 Å². The van der Waals surface area contributed by atoms with Gasteiger partial charge in [0.25, 0.3) is 0 Å². The van der Waals surface area contributed by atoms with Crippen molar-refractivity contribution in [3.8, 4) is 0 Å². The third kappa shape index (κ3) is 5.53. The highest BCUT2D eigenvalue weighted by Crippen LogP contribution is 2.00. The van der Waals surface area contributed by atoms with E-state index in [2.05, 4.69) is 0 Å². The Morgan fingerprint density at radius 1 is 1.50 bits per heavy atom. The number of rotatable bonds is 7. The van der Waals surface area contributed by atoms with Gasteiger partial charge < -0.3 is 10.8 Å². The Hall–Kier alpha value is -1.10. The van der Waals surface area contributed by atoms with E-state index in [1.165, 1.54) is 0 Å². The van der Waals surface area contributed by atoms with Gasteiger partial charge in [-0.25, -0.2) is 0 Å². The number of aliphatic carboxylic acids is 1. The average Bonchev–Trinajstić information content (AvgIpc) is 2.02. The number of nitrogens with zero attached hydrogens (tertiary/aromatic N) is 1. The Balaban J connectivity index is 4.07. The first-order chi connectivity index (χ1) is 6.47. The molecule has 0 aliphatic heterocycles. The lowest BCUT2D eigenvalue weighted by Gasteiger charge is -2.21. The largest absolute Gasteiger partial charge is 0.481 e. The van der Waals surface area contributed by atoms with Crippen LogP contribution in [-0.4, -0.2) is 41.5 Å². The number of amides is 1. The molecule has 0 bridgehead atoms. The molecule has 0 radical (unpaired) electrons. The summed E-state index contributed by atoms with van der Waals surface area (Å²) in [6.45, 7) is 4.78. The van der Waals surface area contributed by atoms with Gasteiger partial charge in [-0.15, -0.1) is 0 Å². The fourth-order valence-electron chi connectivity index (χ4n) is 1.24. The first kappa shape index (κ1) is 12.9. The van der Waals surface area contributed by atoms with E-state index in [1.54, 1.807) is 11.8 Å². The normalized spacial score (nSPS) is 12.8. The second-order valence-electron chi connectivity index (χ2n) is 3.44. The smallest absolute Gasteiger partial charge is 0.307 e. The molecular formula is C9H18N2O3. The maximum Gasteiger partial charge on any atom is 0.307 e. The van der Waals surface area contributed by atoms with E-state index in [1.807, 2.05) is 6.92 Å². The summed E-state index contributed by atoms with van der Waals surface area (Å²) in [5.74, 6) is -1.74. The molecule has 0 saturated carbocycles. The highest BCUT2D eigenvalue weighted by Gasteiger charge is 2.16. The predicted octanol–water partition coefficient (Wildman–Crippen LogP) is -0.0956. The monoisotopic (exact) mass is 202 g/mol. The summed E-state index contributed by atoms with van der Waals surface area (Å²) in [7, 11) is 0. The van der Waals surface area contributed by atoms with Gasteiger partial charge in [-0.2, -0.15) is 0 Å². The third-order valence-corrected chi connectivity index (χ3v) is 1.87. The molecule has 0 aromatic carbocycles. The number of nitrogens with two attached hydrogens (primary N) is 1. The molecule has 0 saturated heterocycles. The maximum atomic E-state index is 10.7. The summed E-state index contributed by atoms with van der Waals surface area (Å²) in [5, 5.41) is 8.69. The molecule has 0 aliphatic carbocycles. The van der Waals surface area contributed by atoms with E-state index < -0.39 is 17.8 Å². The number of carbonyl (C=O) groups is 2. The van der Waals surface area contributed by atoms with Crippen molar-refractivity contribution in [2.75, 3.05) is 19.6 Å². The van der Waals surface area contributed by atoms with Gasteiger partial charge in [-0.3, -0.25) is 14.5 Å². The minimum atomic E-state index is -0.851. The van der Waals surface area contributed by atoms with Crippen LogP contribution in [0, 0.1) is 5.92 Å². The van der Waals surface area contributed by atoms with Gasteiger partial charge in [-0.05, 0) is 13.0 Å². The number of hydrogen-bond donors (Lipinski definition) is 2. The number of carboxylic acids is 1. The van der Waals surface area contributed by atoms with E-state index in [4.69, 9.17) is 10.8 Å². The summed E-state index contributed by atoms with van der Waals surface area (Å²) in [4.78, 5) is 23.0. The van der Waals surface area contributed by atoms with Crippen LogP contribution in [0.4, 0.5) is 0 Å². The molecule has 14 heavy (non-hydrogen) atoms. The van der Waals surface area contributed by atoms with Crippen molar-refractivity contribution in [1.29, 1.82) is 0 Å². The molecule has 1 amide bonds. The van der Waals surface area contributed by atoms with Crippen LogP contribution in [0.3, 0.4) is 0 Å². The zero-order valence-electron chi connectivity index (χ0n) is 8.69. The van der Waals surface area contributed by atoms with Crippen LogP contribution < -0.4 is 5.73 Å². The van der Waals surface area contributed by atoms with Gasteiger partial charge in [0.1, 0.15) is 0 Å². The van der Waals surface area contributed by atoms with Crippen molar-refractivity contribution < 1.29 is 14.7 Å². The molecule has 0 aromatic heterocycles. The molecule has 0 aliphatic rings. The number of hydrogen-bond acceptors (Lipinski definition) is 3. The Morgan fingerprint density at radius 3 is 2.43 bits per heavy atom. The molecule has 1 unspecified atom stereocenters. The summed E-state index contributed by atoms with van der Waals surface area (Å²) < 4.78 is 0. The lowest BCUT2D eigenvalue weighted by molar-refractivity contribution is -0.142. The second kappa shape index (κ2) is 6.37. The number of primary amides is 1. The van der Waals surface area contributed by atoms with E-state index in [0.717, 1.165) is 6.42 Å². The molecule has 5 heteroatoms. The minimum Gasteiger partial charge on any atom is -0.481 e. The zero-order chi connectivity index (χ0) is 11.1. The molecule has 0 rings (SSSR count). The lowest BCUT2D eigenvalue weighted by atomic mass is 10.1. The Kier molecular flexibility index (Phi) is 5.87. The quantitative estimate of drug-likeness (QED) is 0.604. The standard InChI is InChI=1S/C9H18N2O3/c1-3-4-11(6-8(10)12)5-7(2)9(13)14/h7H,3-6H2,1-2H3,(H2,10,12)(H,13,14). The summed E-state index contributed by atoms with van der Waals surface area (Å²) in [5.41, 5.74) is 5.05. The molecule has 0 spiro atoms. The third-order valence-electron chi connectivity index (χ3n) is 1.87. The van der Waals surface area contributed by atoms with Crippen molar-refractivity contribution in [1.82, 2.24) is 4.90 Å². The van der Waals surface area contributed by atoms with Crippen LogP contribution in [0.25, 0.3) is 0 Å². The molecule has 0 heterocycles. The van der Waals surface area contributed by atoms with Crippen molar-refractivity contribution in [3.63, 3.8) is 0 Å². The van der Waals surface area contributed by atoms with Crippen LogP contribution in [-0.2, 0) is 9.59 Å². The average molecular weight is 202 g/mol. The fourth-order valence-corrected chi connectivity index (χ4v) is 1.24. The Bertz CT molecular complexity index is 206. The zero-order valence-corrected chi connectivity index (χ0v) is 8.69. The van der Waals surface area contributed by atoms with Gasteiger partial charge >= 0.3 is 5.97 Å². The molecule has 1 atom stereocenters. The molecular weight excluding hydrogens is 184 g/mol. The topological polar surface area (TPSA) is 83.6 Å². The van der Waals surface area contributed by atoms with Crippen LogP contribution >= 0.6 is 0 Å². The maximum absolute atomic E-state index is 10.7. The van der Waals surface area contributed by atoms with Crippen molar-refractivity contribution >= 4 is 11.9 Å². The summed E-state index contributed by atoms with van der Waals surface area (Å²) in [6, 6.07) is 0. The highest BCUT2D eigenvalue weighted by atomic mass is 16.4. The Morgan fingerprint density at radius 2 is 2.07 bits per heavy atom. The van der Waals surface area contributed by atoms with Gasteiger partial charge in [0, 0.05) is 6.54 Å². The van der Waals surface area contributed by atoms with Gasteiger partial charge in [-0.1, -0.05) is 13.8 Å². The van der Waals surface area contributed by atoms with Gasteiger partial charge in [0.15, 0.2) is 0 Å². The minimum absolute atomic E-state index is 0.130. The summed E-state index contributed by atoms with van der Waals surface area (Å²) in [6.07, 6.45) is 0.875. The molecule has 0 fully saturated rings. The lowest BCUT2D eigenvalue weighted by Crippen LogP contribution is -2.38. The summed E-state index contributed by atoms with van der Waals surface area (Å²) >= 11 is 0. The molecule has 3 N–H and O–H groups in total. The van der Waals surface area contributed by atoms with E-state index >= 15 is 0 Å².